The quantitative estimate of drug-likeness (QED) is 0.828. The molecule has 0 unspecified atom stereocenters. The zero-order valence-electron chi connectivity index (χ0n) is 13.7. The lowest BCUT2D eigenvalue weighted by molar-refractivity contribution is 0.102. The van der Waals surface area contributed by atoms with Crippen LogP contribution < -0.4 is 5.32 Å². The summed E-state index contributed by atoms with van der Waals surface area (Å²) in [5, 5.41) is 2.91. The number of anilines is 1. The first-order valence-electron chi connectivity index (χ1n) is 7.52. The van der Waals surface area contributed by atoms with Gasteiger partial charge >= 0.3 is 0 Å². The molecule has 1 aromatic carbocycles. The van der Waals surface area contributed by atoms with E-state index in [1.54, 1.807) is 19.9 Å². The molecule has 25 heavy (non-hydrogen) atoms. The third-order valence-corrected chi connectivity index (χ3v) is 5.77. The van der Waals surface area contributed by atoms with E-state index in [4.69, 9.17) is 11.6 Å². The minimum atomic E-state index is -4.02. The van der Waals surface area contributed by atoms with E-state index in [0.717, 1.165) is 16.4 Å². The number of nitrogens with zero attached hydrogens (tertiary/aromatic N) is 2. The van der Waals surface area contributed by atoms with Crippen LogP contribution in [0.4, 0.5) is 10.2 Å². The van der Waals surface area contributed by atoms with Crippen molar-refractivity contribution >= 4 is 33.3 Å². The Labute approximate surface area is 150 Å². The Hall–Kier alpha value is -2.03. The van der Waals surface area contributed by atoms with Crippen molar-refractivity contribution < 1.29 is 17.6 Å². The number of carbonyl (C=O) groups is 1. The summed E-state index contributed by atoms with van der Waals surface area (Å²) in [6.07, 6.45) is 1.36. The number of sulfonamides is 1. The Balaban J connectivity index is 2.35. The number of hydrogen-bond acceptors (Lipinski definition) is 4. The van der Waals surface area contributed by atoms with Crippen molar-refractivity contribution in [2.24, 2.45) is 0 Å². The van der Waals surface area contributed by atoms with Gasteiger partial charge in [-0.1, -0.05) is 25.4 Å². The fraction of sp³-hybridized carbons (Fsp3) is 0.250. The number of rotatable bonds is 6. The van der Waals surface area contributed by atoms with Crippen LogP contribution >= 0.6 is 11.6 Å². The summed E-state index contributed by atoms with van der Waals surface area (Å²) in [6, 6.07) is 6.24. The van der Waals surface area contributed by atoms with Crippen LogP contribution in [-0.4, -0.2) is 36.7 Å². The SMILES string of the molecule is CCN(CC)S(=O)(=O)c1cc(C(=O)Nc2ccc(Cl)cn2)ccc1F. The Kier molecular flexibility index (Phi) is 6.10. The van der Waals surface area contributed by atoms with Crippen molar-refractivity contribution in [3.63, 3.8) is 0 Å². The molecule has 2 rings (SSSR count). The number of pyridine rings is 1. The van der Waals surface area contributed by atoms with Crippen molar-refractivity contribution in [1.82, 2.24) is 9.29 Å². The summed E-state index contributed by atoms with van der Waals surface area (Å²) < 4.78 is 40.2. The maximum atomic E-state index is 14.1. The van der Waals surface area contributed by atoms with Gasteiger partial charge in [0.2, 0.25) is 10.0 Å². The lowest BCUT2D eigenvalue weighted by Crippen LogP contribution is -2.31. The summed E-state index contributed by atoms with van der Waals surface area (Å²) in [4.78, 5) is 15.7. The number of aromatic nitrogens is 1. The zero-order chi connectivity index (χ0) is 18.6. The number of nitrogens with one attached hydrogen (secondary N) is 1. The molecule has 0 fully saturated rings. The van der Waals surface area contributed by atoms with E-state index in [0.29, 0.717) is 5.02 Å². The van der Waals surface area contributed by atoms with Crippen LogP contribution in [0.1, 0.15) is 24.2 Å². The topological polar surface area (TPSA) is 79.4 Å². The normalized spacial score (nSPS) is 11.6. The van der Waals surface area contributed by atoms with Gasteiger partial charge in [-0.15, -0.1) is 0 Å². The highest BCUT2D eigenvalue weighted by Gasteiger charge is 2.26. The maximum Gasteiger partial charge on any atom is 0.256 e. The maximum absolute atomic E-state index is 14.1. The first-order chi connectivity index (χ1) is 11.8. The van der Waals surface area contributed by atoms with Crippen molar-refractivity contribution in [3.05, 3.63) is 52.9 Å². The van der Waals surface area contributed by atoms with Crippen LogP contribution in [0.5, 0.6) is 0 Å². The van der Waals surface area contributed by atoms with Crippen LogP contribution in [0.25, 0.3) is 0 Å². The van der Waals surface area contributed by atoms with Gasteiger partial charge in [0.25, 0.3) is 5.91 Å². The highest BCUT2D eigenvalue weighted by molar-refractivity contribution is 7.89. The van der Waals surface area contributed by atoms with Gasteiger partial charge in [0.1, 0.15) is 16.5 Å². The molecule has 1 N–H and O–H groups in total. The van der Waals surface area contributed by atoms with Gasteiger partial charge in [0.05, 0.1) is 5.02 Å². The molecular formula is C16H17ClFN3O3S. The van der Waals surface area contributed by atoms with Crippen molar-refractivity contribution in [1.29, 1.82) is 0 Å². The van der Waals surface area contributed by atoms with E-state index >= 15 is 0 Å². The molecule has 0 aliphatic rings. The number of amides is 1. The van der Waals surface area contributed by atoms with Crippen LogP contribution in [-0.2, 0) is 10.0 Å². The molecule has 1 amide bonds. The van der Waals surface area contributed by atoms with Gasteiger partial charge in [-0.2, -0.15) is 4.31 Å². The van der Waals surface area contributed by atoms with Crippen LogP contribution in [0.15, 0.2) is 41.4 Å². The first kappa shape index (κ1) is 19.3. The lowest BCUT2D eigenvalue weighted by Gasteiger charge is -2.19. The molecule has 0 saturated carbocycles. The minimum absolute atomic E-state index is 0.00359. The average Bonchev–Trinajstić information content (AvgIpc) is 2.58. The summed E-state index contributed by atoms with van der Waals surface area (Å²) in [7, 11) is -4.02. The minimum Gasteiger partial charge on any atom is -0.307 e. The van der Waals surface area contributed by atoms with Crippen molar-refractivity contribution in [3.8, 4) is 0 Å². The molecule has 9 heteroatoms. The van der Waals surface area contributed by atoms with E-state index in [-0.39, 0.29) is 24.5 Å². The van der Waals surface area contributed by atoms with Crippen molar-refractivity contribution in [2.75, 3.05) is 18.4 Å². The van der Waals surface area contributed by atoms with E-state index in [1.165, 1.54) is 18.3 Å². The van der Waals surface area contributed by atoms with Gasteiger partial charge in [-0.3, -0.25) is 4.79 Å². The second kappa shape index (κ2) is 7.90. The summed E-state index contributed by atoms with van der Waals surface area (Å²) in [5.41, 5.74) is 0.00359. The predicted molar refractivity (Wildman–Crippen MR) is 93.7 cm³/mol. The van der Waals surface area contributed by atoms with Crippen LogP contribution in [0.3, 0.4) is 0 Å². The number of benzene rings is 1. The highest BCUT2D eigenvalue weighted by atomic mass is 35.5. The first-order valence-corrected chi connectivity index (χ1v) is 9.34. The Morgan fingerprint density at radius 2 is 1.92 bits per heavy atom. The molecule has 0 spiro atoms. The van der Waals surface area contributed by atoms with Gasteiger partial charge in [-0.25, -0.2) is 17.8 Å². The van der Waals surface area contributed by atoms with Gasteiger partial charge in [0.15, 0.2) is 0 Å². The molecule has 0 bridgehead atoms. The van der Waals surface area contributed by atoms with E-state index < -0.39 is 26.6 Å². The highest BCUT2D eigenvalue weighted by Crippen LogP contribution is 2.21. The molecular weight excluding hydrogens is 369 g/mol. The fourth-order valence-electron chi connectivity index (χ4n) is 2.18. The third kappa shape index (κ3) is 4.33. The number of carbonyl (C=O) groups excluding carboxylic acids is 1. The molecule has 0 radical (unpaired) electrons. The molecule has 1 aromatic heterocycles. The molecule has 0 aliphatic heterocycles. The molecule has 0 aliphatic carbocycles. The monoisotopic (exact) mass is 385 g/mol. The zero-order valence-corrected chi connectivity index (χ0v) is 15.2. The van der Waals surface area contributed by atoms with E-state index in [2.05, 4.69) is 10.3 Å². The Morgan fingerprint density at radius 3 is 2.48 bits per heavy atom. The molecule has 2 aromatic rings. The average molecular weight is 386 g/mol. The van der Waals surface area contributed by atoms with Gasteiger partial charge < -0.3 is 5.32 Å². The van der Waals surface area contributed by atoms with Crippen LogP contribution in [0.2, 0.25) is 5.02 Å². The largest absolute Gasteiger partial charge is 0.307 e. The standard InChI is InChI=1S/C16H17ClFN3O3S/c1-3-21(4-2)25(23,24)14-9-11(5-7-13(14)18)16(22)20-15-8-6-12(17)10-19-15/h5-10H,3-4H2,1-2H3,(H,19,20,22). The van der Waals surface area contributed by atoms with Crippen molar-refractivity contribution in [2.45, 2.75) is 18.7 Å². The Morgan fingerprint density at radius 1 is 1.24 bits per heavy atom. The molecule has 134 valence electrons. The molecule has 0 saturated heterocycles. The third-order valence-electron chi connectivity index (χ3n) is 3.49. The predicted octanol–water partition coefficient (Wildman–Crippen LogP) is 3.16. The second-order valence-electron chi connectivity index (χ2n) is 5.05. The van der Waals surface area contributed by atoms with E-state index in [9.17, 15) is 17.6 Å². The lowest BCUT2D eigenvalue weighted by atomic mass is 10.2. The molecule has 6 nitrogen and oxygen atoms in total. The van der Waals surface area contributed by atoms with E-state index in [1.807, 2.05) is 0 Å². The number of halogens is 2. The summed E-state index contributed by atoms with van der Waals surface area (Å²) in [5.74, 6) is -1.27. The second-order valence-corrected chi connectivity index (χ2v) is 7.39. The smallest absolute Gasteiger partial charge is 0.256 e. The molecule has 1 heterocycles. The summed E-state index contributed by atoms with van der Waals surface area (Å²) >= 11 is 5.72. The van der Waals surface area contributed by atoms with Crippen LogP contribution in [0, 0.1) is 5.82 Å². The summed E-state index contributed by atoms with van der Waals surface area (Å²) in [6.45, 7) is 3.70. The van der Waals surface area contributed by atoms with Gasteiger partial charge in [-0.05, 0) is 30.3 Å². The fourth-order valence-corrected chi connectivity index (χ4v) is 3.84. The Bertz CT molecular complexity index is 869. The van der Waals surface area contributed by atoms with Gasteiger partial charge in [0, 0.05) is 24.8 Å². The molecule has 0 atom stereocenters. The number of hydrogen-bond donors (Lipinski definition) is 1.